The van der Waals surface area contributed by atoms with Crippen LogP contribution in [-0.2, 0) is 0 Å². The molecule has 3 rings (SSSR count). The van der Waals surface area contributed by atoms with Crippen LogP contribution in [0.15, 0.2) is 39.5 Å². The SMILES string of the molecule is COc1cccc2c(=O)c3c(OC)ccc(OC)c3oc12. The van der Waals surface area contributed by atoms with Gasteiger partial charge in [0.1, 0.15) is 11.1 Å². The van der Waals surface area contributed by atoms with Crippen molar-refractivity contribution < 1.29 is 18.6 Å². The van der Waals surface area contributed by atoms with E-state index in [0.717, 1.165) is 0 Å². The molecule has 1 aromatic heterocycles. The van der Waals surface area contributed by atoms with Gasteiger partial charge in [-0.15, -0.1) is 0 Å². The minimum atomic E-state index is -0.180. The van der Waals surface area contributed by atoms with Crippen molar-refractivity contribution in [2.24, 2.45) is 0 Å². The van der Waals surface area contributed by atoms with E-state index in [2.05, 4.69) is 0 Å². The van der Waals surface area contributed by atoms with E-state index >= 15 is 0 Å². The summed E-state index contributed by atoms with van der Waals surface area (Å²) >= 11 is 0. The fourth-order valence-electron chi connectivity index (χ4n) is 2.39. The summed E-state index contributed by atoms with van der Waals surface area (Å²) < 4.78 is 21.7. The zero-order chi connectivity index (χ0) is 15.0. The Morgan fingerprint density at radius 3 is 2.10 bits per heavy atom. The van der Waals surface area contributed by atoms with Crippen LogP contribution in [0.4, 0.5) is 0 Å². The molecule has 0 amide bonds. The molecule has 0 aliphatic heterocycles. The lowest BCUT2D eigenvalue weighted by Gasteiger charge is -2.10. The van der Waals surface area contributed by atoms with Gasteiger partial charge in [0.25, 0.3) is 0 Å². The van der Waals surface area contributed by atoms with Gasteiger partial charge in [0.05, 0.1) is 26.7 Å². The molecular formula is C16H14O5. The van der Waals surface area contributed by atoms with Crippen molar-refractivity contribution in [3.05, 3.63) is 40.6 Å². The Kier molecular flexibility index (Phi) is 3.17. The smallest absolute Gasteiger partial charge is 0.204 e. The summed E-state index contributed by atoms with van der Waals surface area (Å²) in [4.78, 5) is 12.8. The van der Waals surface area contributed by atoms with Crippen molar-refractivity contribution in [2.45, 2.75) is 0 Å². The van der Waals surface area contributed by atoms with Gasteiger partial charge in [0.2, 0.25) is 5.43 Å². The number of para-hydroxylation sites is 1. The van der Waals surface area contributed by atoms with Crippen molar-refractivity contribution in [3.8, 4) is 17.2 Å². The van der Waals surface area contributed by atoms with Gasteiger partial charge in [-0.1, -0.05) is 6.07 Å². The first-order chi connectivity index (χ1) is 10.2. The predicted molar refractivity (Wildman–Crippen MR) is 79.6 cm³/mol. The van der Waals surface area contributed by atoms with E-state index in [0.29, 0.717) is 39.2 Å². The van der Waals surface area contributed by atoms with Gasteiger partial charge in [-0.3, -0.25) is 4.79 Å². The zero-order valence-electron chi connectivity index (χ0n) is 11.9. The minimum absolute atomic E-state index is 0.180. The van der Waals surface area contributed by atoms with Crippen LogP contribution in [0.25, 0.3) is 21.9 Å². The molecule has 0 bridgehead atoms. The lowest BCUT2D eigenvalue weighted by molar-refractivity contribution is 0.398. The first-order valence-corrected chi connectivity index (χ1v) is 6.35. The van der Waals surface area contributed by atoms with Crippen molar-refractivity contribution in [1.29, 1.82) is 0 Å². The summed E-state index contributed by atoms with van der Waals surface area (Å²) in [5.74, 6) is 1.41. The minimum Gasteiger partial charge on any atom is -0.496 e. The molecule has 0 aliphatic carbocycles. The summed E-state index contributed by atoms with van der Waals surface area (Å²) in [6, 6.07) is 8.57. The highest BCUT2D eigenvalue weighted by atomic mass is 16.5. The molecule has 0 unspecified atom stereocenters. The number of methoxy groups -OCH3 is 3. The predicted octanol–water partition coefficient (Wildman–Crippen LogP) is 2.97. The Morgan fingerprint density at radius 1 is 0.810 bits per heavy atom. The second-order valence-electron chi connectivity index (χ2n) is 4.44. The second kappa shape index (κ2) is 5.01. The first kappa shape index (κ1) is 13.3. The molecule has 0 aliphatic rings. The zero-order valence-corrected chi connectivity index (χ0v) is 11.9. The number of rotatable bonds is 3. The van der Waals surface area contributed by atoms with Gasteiger partial charge in [-0.25, -0.2) is 0 Å². The third-order valence-electron chi connectivity index (χ3n) is 3.40. The lowest BCUT2D eigenvalue weighted by Crippen LogP contribution is -2.05. The molecule has 0 saturated heterocycles. The van der Waals surface area contributed by atoms with Gasteiger partial charge in [-0.05, 0) is 24.3 Å². The Balaban J connectivity index is 2.59. The van der Waals surface area contributed by atoms with Crippen LogP contribution in [0, 0.1) is 0 Å². The first-order valence-electron chi connectivity index (χ1n) is 6.35. The quantitative estimate of drug-likeness (QED) is 0.693. The molecule has 0 saturated carbocycles. The third kappa shape index (κ3) is 1.89. The average molecular weight is 286 g/mol. The topological polar surface area (TPSA) is 57.9 Å². The fourth-order valence-corrected chi connectivity index (χ4v) is 2.39. The molecular weight excluding hydrogens is 272 g/mol. The molecule has 3 aromatic rings. The summed E-state index contributed by atoms with van der Waals surface area (Å²) in [5.41, 5.74) is 0.559. The third-order valence-corrected chi connectivity index (χ3v) is 3.40. The number of hydrogen-bond acceptors (Lipinski definition) is 5. The molecule has 1 heterocycles. The van der Waals surface area contributed by atoms with Crippen LogP contribution in [-0.4, -0.2) is 21.3 Å². The Hall–Kier alpha value is -2.69. The average Bonchev–Trinajstić information content (AvgIpc) is 2.53. The van der Waals surface area contributed by atoms with Crippen LogP contribution < -0.4 is 19.6 Å². The molecule has 0 radical (unpaired) electrons. The molecule has 5 heteroatoms. The van der Waals surface area contributed by atoms with Crippen LogP contribution in [0.3, 0.4) is 0 Å². The normalized spacial score (nSPS) is 10.8. The van der Waals surface area contributed by atoms with Gasteiger partial charge < -0.3 is 18.6 Å². The van der Waals surface area contributed by atoms with Gasteiger partial charge in [0.15, 0.2) is 22.7 Å². The standard InChI is InChI=1S/C16H14O5/c1-18-10-7-8-12(20-3)16-13(10)14(17)9-5-4-6-11(19-2)15(9)21-16/h4-8H,1-3H3. The summed E-state index contributed by atoms with van der Waals surface area (Å²) in [7, 11) is 4.56. The Labute approximate surface area is 120 Å². The molecule has 0 atom stereocenters. The molecule has 2 aromatic carbocycles. The van der Waals surface area contributed by atoms with Gasteiger partial charge in [0, 0.05) is 0 Å². The maximum atomic E-state index is 12.8. The van der Waals surface area contributed by atoms with E-state index in [4.69, 9.17) is 18.6 Å². The monoisotopic (exact) mass is 286 g/mol. The fraction of sp³-hybridized carbons (Fsp3) is 0.188. The van der Waals surface area contributed by atoms with Crippen molar-refractivity contribution in [3.63, 3.8) is 0 Å². The van der Waals surface area contributed by atoms with Crippen molar-refractivity contribution in [1.82, 2.24) is 0 Å². The van der Waals surface area contributed by atoms with E-state index in [1.54, 1.807) is 30.3 Å². The largest absolute Gasteiger partial charge is 0.496 e. The molecule has 108 valence electrons. The summed E-state index contributed by atoms with van der Waals surface area (Å²) in [5, 5.41) is 0.797. The highest BCUT2D eigenvalue weighted by Crippen LogP contribution is 2.35. The van der Waals surface area contributed by atoms with E-state index in [1.807, 2.05) is 0 Å². The van der Waals surface area contributed by atoms with Crippen LogP contribution >= 0.6 is 0 Å². The van der Waals surface area contributed by atoms with Crippen molar-refractivity contribution in [2.75, 3.05) is 21.3 Å². The number of hydrogen-bond donors (Lipinski definition) is 0. The Bertz CT molecular complexity index is 879. The summed E-state index contributed by atoms with van der Waals surface area (Å²) in [6.07, 6.45) is 0. The number of ether oxygens (including phenoxy) is 3. The maximum Gasteiger partial charge on any atom is 0.204 e. The Morgan fingerprint density at radius 2 is 1.43 bits per heavy atom. The summed E-state index contributed by atoms with van der Waals surface area (Å²) in [6.45, 7) is 0. The molecule has 21 heavy (non-hydrogen) atoms. The maximum absolute atomic E-state index is 12.8. The molecule has 0 N–H and O–H groups in total. The van der Waals surface area contributed by atoms with E-state index in [9.17, 15) is 4.79 Å². The van der Waals surface area contributed by atoms with Crippen LogP contribution in [0.1, 0.15) is 0 Å². The van der Waals surface area contributed by atoms with Crippen LogP contribution in [0.2, 0.25) is 0 Å². The van der Waals surface area contributed by atoms with E-state index in [-0.39, 0.29) is 5.43 Å². The highest BCUT2D eigenvalue weighted by Gasteiger charge is 2.18. The second-order valence-corrected chi connectivity index (χ2v) is 4.44. The molecule has 0 fully saturated rings. The van der Waals surface area contributed by atoms with Crippen LogP contribution in [0.5, 0.6) is 17.2 Å². The van der Waals surface area contributed by atoms with Gasteiger partial charge in [-0.2, -0.15) is 0 Å². The van der Waals surface area contributed by atoms with Crippen molar-refractivity contribution >= 4 is 21.9 Å². The van der Waals surface area contributed by atoms with Gasteiger partial charge >= 0.3 is 0 Å². The van der Waals surface area contributed by atoms with E-state index in [1.165, 1.54) is 21.3 Å². The highest BCUT2D eigenvalue weighted by molar-refractivity contribution is 5.97. The number of benzene rings is 2. The molecule has 0 spiro atoms. The number of fused-ring (bicyclic) bond motifs is 2. The molecule has 5 nitrogen and oxygen atoms in total. The lowest BCUT2D eigenvalue weighted by atomic mass is 10.1. The van der Waals surface area contributed by atoms with E-state index < -0.39 is 0 Å².